The summed E-state index contributed by atoms with van der Waals surface area (Å²) < 4.78 is 15.8. The number of carbonyl (C=O) groups is 2. The number of ether oxygens (including phenoxy) is 3. The molecule has 1 aliphatic carbocycles. The lowest BCUT2D eigenvalue weighted by atomic mass is 9.62. The van der Waals surface area contributed by atoms with E-state index in [0.29, 0.717) is 26.1 Å². The van der Waals surface area contributed by atoms with Crippen LogP contribution in [0.1, 0.15) is 32.3 Å². The Balaban J connectivity index is 1.84. The third kappa shape index (κ3) is 4.10. The Kier molecular flexibility index (Phi) is 6.16. The Morgan fingerprint density at radius 2 is 1.61 bits per heavy atom. The van der Waals surface area contributed by atoms with Crippen molar-refractivity contribution in [3.63, 3.8) is 0 Å². The second-order valence-electron chi connectivity index (χ2n) is 5.80. The van der Waals surface area contributed by atoms with Gasteiger partial charge in [0.05, 0.1) is 19.8 Å². The van der Waals surface area contributed by atoms with Crippen LogP contribution >= 0.6 is 0 Å². The molecule has 1 aromatic carbocycles. The lowest BCUT2D eigenvalue weighted by Gasteiger charge is -2.42. The maximum Gasteiger partial charge on any atom is 0.323 e. The SMILES string of the molecule is CCOC(=O)C1(C(=O)OCC)CC(COCc2ccccc2)C1. The summed E-state index contributed by atoms with van der Waals surface area (Å²) in [6.45, 7) is 5.04. The molecule has 0 unspecified atom stereocenters. The summed E-state index contributed by atoms with van der Waals surface area (Å²) in [7, 11) is 0. The van der Waals surface area contributed by atoms with Crippen LogP contribution in [0, 0.1) is 11.3 Å². The van der Waals surface area contributed by atoms with Gasteiger partial charge in [-0.05, 0) is 38.2 Å². The molecule has 5 heteroatoms. The molecule has 126 valence electrons. The standard InChI is InChI=1S/C18H24O5/c1-3-22-16(19)18(17(20)23-4-2)10-15(11-18)13-21-12-14-8-6-5-7-9-14/h5-9,15H,3-4,10-13H2,1-2H3. The molecule has 0 amide bonds. The van der Waals surface area contributed by atoms with Crippen LogP contribution in [0.3, 0.4) is 0 Å². The first-order chi connectivity index (χ1) is 11.1. The van der Waals surface area contributed by atoms with Gasteiger partial charge in [0, 0.05) is 6.61 Å². The van der Waals surface area contributed by atoms with Crippen molar-refractivity contribution in [2.24, 2.45) is 11.3 Å². The summed E-state index contributed by atoms with van der Waals surface area (Å²) in [5.41, 5.74) is -0.0267. The van der Waals surface area contributed by atoms with Gasteiger partial charge in [0.15, 0.2) is 5.41 Å². The molecule has 1 fully saturated rings. The lowest BCUT2D eigenvalue weighted by molar-refractivity contribution is -0.185. The zero-order valence-corrected chi connectivity index (χ0v) is 13.7. The van der Waals surface area contributed by atoms with Gasteiger partial charge >= 0.3 is 11.9 Å². The zero-order chi connectivity index (χ0) is 16.7. The lowest BCUT2D eigenvalue weighted by Crippen LogP contribution is -2.52. The molecule has 0 atom stereocenters. The smallest absolute Gasteiger partial charge is 0.323 e. The molecule has 2 rings (SSSR count). The van der Waals surface area contributed by atoms with Crippen LogP contribution in [0.15, 0.2) is 30.3 Å². The third-order valence-electron chi connectivity index (χ3n) is 4.07. The minimum Gasteiger partial charge on any atom is -0.465 e. The summed E-state index contributed by atoms with van der Waals surface area (Å²) in [6.07, 6.45) is 0.860. The molecule has 0 N–H and O–H groups in total. The zero-order valence-electron chi connectivity index (χ0n) is 13.7. The van der Waals surface area contributed by atoms with E-state index in [2.05, 4.69) is 0 Å². The molecule has 0 spiro atoms. The monoisotopic (exact) mass is 320 g/mol. The molecule has 0 heterocycles. The van der Waals surface area contributed by atoms with Gasteiger partial charge in [-0.25, -0.2) is 0 Å². The van der Waals surface area contributed by atoms with Gasteiger partial charge in [-0.1, -0.05) is 30.3 Å². The number of hydrogen-bond acceptors (Lipinski definition) is 5. The van der Waals surface area contributed by atoms with Crippen LogP contribution in [-0.4, -0.2) is 31.8 Å². The molecule has 1 aliphatic rings. The Morgan fingerprint density at radius 1 is 1.04 bits per heavy atom. The topological polar surface area (TPSA) is 61.8 Å². The van der Waals surface area contributed by atoms with E-state index in [1.165, 1.54) is 0 Å². The number of hydrogen-bond donors (Lipinski definition) is 0. The van der Waals surface area contributed by atoms with E-state index in [4.69, 9.17) is 14.2 Å². The quantitative estimate of drug-likeness (QED) is 0.544. The van der Waals surface area contributed by atoms with Gasteiger partial charge in [0.25, 0.3) is 0 Å². The highest BCUT2D eigenvalue weighted by molar-refractivity contribution is 6.01. The Labute approximate surface area is 136 Å². The van der Waals surface area contributed by atoms with Crippen LogP contribution in [0.2, 0.25) is 0 Å². The molecule has 0 aromatic heterocycles. The fourth-order valence-electron chi connectivity index (χ4n) is 2.92. The first-order valence-corrected chi connectivity index (χ1v) is 8.08. The number of carbonyl (C=O) groups excluding carboxylic acids is 2. The average Bonchev–Trinajstić information content (AvgIpc) is 2.51. The summed E-state index contributed by atoms with van der Waals surface area (Å²) >= 11 is 0. The highest BCUT2D eigenvalue weighted by Gasteiger charge is 2.58. The summed E-state index contributed by atoms with van der Waals surface area (Å²) in [5.74, 6) is -0.775. The molecule has 0 aliphatic heterocycles. The Morgan fingerprint density at radius 3 is 2.13 bits per heavy atom. The van der Waals surface area contributed by atoms with Crippen LogP contribution in [-0.2, 0) is 30.4 Å². The third-order valence-corrected chi connectivity index (χ3v) is 4.07. The molecule has 1 saturated carbocycles. The number of esters is 2. The Bertz CT molecular complexity index is 499. The highest BCUT2D eigenvalue weighted by atomic mass is 16.6. The van der Waals surface area contributed by atoms with E-state index in [1.807, 2.05) is 30.3 Å². The fourth-order valence-corrected chi connectivity index (χ4v) is 2.92. The minimum atomic E-state index is -1.13. The van der Waals surface area contributed by atoms with Gasteiger partial charge < -0.3 is 14.2 Å². The van der Waals surface area contributed by atoms with Crippen molar-refractivity contribution >= 4 is 11.9 Å². The maximum atomic E-state index is 12.1. The summed E-state index contributed by atoms with van der Waals surface area (Å²) in [6, 6.07) is 9.90. The molecular formula is C18H24O5. The molecule has 0 radical (unpaired) electrons. The first-order valence-electron chi connectivity index (χ1n) is 8.08. The number of benzene rings is 1. The van der Waals surface area contributed by atoms with Crippen LogP contribution < -0.4 is 0 Å². The van der Waals surface area contributed by atoms with E-state index >= 15 is 0 Å². The second-order valence-corrected chi connectivity index (χ2v) is 5.80. The van der Waals surface area contributed by atoms with Crippen LogP contribution in [0.25, 0.3) is 0 Å². The average molecular weight is 320 g/mol. The van der Waals surface area contributed by atoms with Gasteiger partial charge in [0.2, 0.25) is 0 Å². The number of rotatable bonds is 8. The Hall–Kier alpha value is -1.88. The molecule has 5 nitrogen and oxygen atoms in total. The fraction of sp³-hybridized carbons (Fsp3) is 0.556. The van der Waals surface area contributed by atoms with Crippen molar-refractivity contribution in [1.82, 2.24) is 0 Å². The maximum absolute atomic E-state index is 12.1. The van der Waals surface area contributed by atoms with Crippen LogP contribution in [0.4, 0.5) is 0 Å². The predicted molar refractivity (Wildman–Crippen MR) is 84.5 cm³/mol. The van der Waals surface area contributed by atoms with Crippen molar-refractivity contribution < 1.29 is 23.8 Å². The van der Waals surface area contributed by atoms with Gasteiger partial charge in [0.1, 0.15) is 0 Å². The van der Waals surface area contributed by atoms with Gasteiger partial charge in [-0.3, -0.25) is 9.59 Å². The van der Waals surface area contributed by atoms with Crippen molar-refractivity contribution in [3.8, 4) is 0 Å². The molecule has 0 bridgehead atoms. The molecular weight excluding hydrogens is 296 g/mol. The minimum absolute atomic E-state index is 0.174. The molecule has 23 heavy (non-hydrogen) atoms. The van der Waals surface area contributed by atoms with Gasteiger partial charge in [-0.2, -0.15) is 0 Å². The first kappa shape index (κ1) is 17.5. The van der Waals surface area contributed by atoms with Gasteiger partial charge in [-0.15, -0.1) is 0 Å². The van der Waals surface area contributed by atoms with E-state index in [1.54, 1.807) is 13.8 Å². The van der Waals surface area contributed by atoms with Crippen molar-refractivity contribution in [3.05, 3.63) is 35.9 Å². The predicted octanol–water partition coefficient (Wildman–Crippen LogP) is 2.73. The van der Waals surface area contributed by atoms with E-state index in [0.717, 1.165) is 5.56 Å². The summed E-state index contributed by atoms with van der Waals surface area (Å²) in [5, 5.41) is 0. The van der Waals surface area contributed by atoms with Crippen molar-refractivity contribution in [2.45, 2.75) is 33.3 Å². The highest BCUT2D eigenvalue weighted by Crippen LogP contribution is 2.48. The second kappa shape index (κ2) is 8.11. The van der Waals surface area contributed by atoms with Crippen molar-refractivity contribution in [1.29, 1.82) is 0 Å². The van der Waals surface area contributed by atoms with Crippen LogP contribution in [0.5, 0.6) is 0 Å². The van der Waals surface area contributed by atoms with E-state index in [9.17, 15) is 9.59 Å². The molecule has 1 aromatic rings. The normalized spacial score (nSPS) is 16.4. The molecule has 0 saturated heterocycles. The summed E-state index contributed by atoms with van der Waals surface area (Å²) in [4.78, 5) is 24.3. The van der Waals surface area contributed by atoms with E-state index < -0.39 is 17.4 Å². The largest absolute Gasteiger partial charge is 0.465 e. The van der Waals surface area contributed by atoms with E-state index in [-0.39, 0.29) is 19.1 Å². The van der Waals surface area contributed by atoms with Crippen molar-refractivity contribution in [2.75, 3.05) is 19.8 Å².